The van der Waals surface area contributed by atoms with Gasteiger partial charge in [-0.1, -0.05) is 0 Å². The fourth-order valence-electron chi connectivity index (χ4n) is 1.58. The Morgan fingerprint density at radius 3 is 3.19 bits per heavy atom. The molecule has 1 aromatic rings. The molecule has 2 rings (SSSR count). The van der Waals surface area contributed by atoms with Gasteiger partial charge < -0.3 is 15.6 Å². The van der Waals surface area contributed by atoms with Crippen LogP contribution in [0.1, 0.15) is 0 Å². The maximum absolute atomic E-state index is 11.8. The number of aliphatic hydroxyl groups excluding tert-OH is 1. The van der Waals surface area contributed by atoms with E-state index in [1.54, 1.807) is 25.4 Å². The van der Waals surface area contributed by atoms with Gasteiger partial charge >= 0.3 is 0 Å². The Hall–Kier alpha value is -1.66. The summed E-state index contributed by atoms with van der Waals surface area (Å²) in [6.45, 7) is -0.0279. The molecule has 0 spiro atoms. The third kappa shape index (κ3) is 1.62. The smallest absolute Gasteiger partial charge is 0.271 e. The zero-order valence-electron chi connectivity index (χ0n) is 8.83. The Balaban J connectivity index is 2.35. The van der Waals surface area contributed by atoms with E-state index >= 15 is 0 Å². The fraction of sp³-hybridized carbons (Fsp3) is 0.400. The van der Waals surface area contributed by atoms with Gasteiger partial charge in [-0.25, -0.2) is 4.98 Å². The average Bonchev–Trinajstić information content (AvgIpc) is 2.33. The summed E-state index contributed by atoms with van der Waals surface area (Å²) in [4.78, 5) is 17.2. The third-order valence-corrected chi connectivity index (χ3v) is 2.49. The van der Waals surface area contributed by atoms with Crippen molar-refractivity contribution < 1.29 is 14.6 Å². The molecule has 1 aliphatic rings. The van der Waals surface area contributed by atoms with Crippen LogP contribution < -0.4 is 15.4 Å². The number of aromatic nitrogens is 1. The zero-order chi connectivity index (χ0) is 11.7. The number of fused-ring (bicyclic) bond motifs is 1. The molecule has 0 aromatic carbocycles. The highest BCUT2D eigenvalue weighted by Crippen LogP contribution is 2.30. The first-order valence-electron chi connectivity index (χ1n) is 4.92. The molecule has 3 N–H and O–H groups in total. The summed E-state index contributed by atoms with van der Waals surface area (Å²) in [6, 6.07) is 3.40. The van der Waals surface area contributed by atoms with Crippen molar-refractivity contribution in [3.63, 3.8) is 0 Å². The number of pyridine rings is 1. The minimum Gasteiger partial charge on any atom is -0.474 e. The molecule has 6 heteroatoms. The lowest BCUT2D eigenvalue weighted by Crippen LogP contribution is -2.52. The molecule has 0 fully saturated rings. The molecular formula is C10H13N3O3. The number of anilines is 1. The van der Waals surface area contributed by atoms with Crippen molar-refractivity contribution >= 4 is 11.7 Å². The zero-order valence-corrected chi connectivity index (χ0v) is 8.83. The third-order valence-electron chi connectivity index (χ3n) is 2.49. The van der Waals surface area contributed by atoms with Crippen LogP contribution in [0.15, 0.2) is 18.3 Å². The highest BCUT2D eigenvalue weighted by atomic mass is 16.5. The second kappa shape index (κ2) is 4.07. The van der Waals surface area contributed by atoms with Crippen molar-refractivity contribution in [1.82, 2.24) is 4.98 Å². The monoisotopic (exact) mass is 223 g/mol. The summed E-state index contributed by atoms with van der Waals surface area (Å²) in [5.74, 6) is 0.583. The van der Waals surface area contributed by atoms with Gasteiger partial charge in [0.2, 0.25) is 6.10 Å². The molecule has 1 amide bonds. The van der Waals surface area contributed by atoms with E-state index in [2.05, 4.69) is 4.98 Å². The number of amides is 1. The van der Waals surface area contributed by atoms with Gasteiger partial charge in [0.15, 0.2) is 11.6 Å². The Bertz CT molecular complexity index is 410. The number of hydrogen-bond acceptors (Lipinski definition) is 5. The van der Waals surface area contributed by atoms with Gasteiger partial charge in [0, 0.05) is 19.8 Å². The van der Waals surface area contributed by atoms with Gasteiger partial charge in [0.05, 0.1) is 0 Å². The maximum atomic E-state index is 11.8. The number of rotatable bonds is 2. The molecule has 0 bridgehead atoms. The fourth-order valence-corrected chi connectivity index (χ4v) is 1.58. The van der Waals surface area contributed by atoms with Gasteiger partial charge in [-0.3, -0.25) is 9.69 Å². The van der Waals surface area contributed by atoms with E-state index in [9.17, 15) is 9.90 Å². The van der Waals surface area contributed by atoms with Crippen LogP contribution in [0.25, 0.3) is 0 Å². The van der Waals surface area contributed by atoms with E-state index in [-0.39, 0.29) is 12.5 Å². The first kappa shape index (κ1) is 10.8. The molecule has 1 aromatic heterocycles. The van der Waals surface area contributed by atoms with Gasteiger partial charge in [0.25, 0.3) is 5.91 Å². The lowest BCUT2D eigenvalue weighted by atomic mass is 10.1. The standard InChI is InChI=1S/C10H13N3O3/c1-13-9-7(3-2-4-12-9)16-8(10(13)15)6(14)5-11/h2-4,6,8,14H,5,11H2,1H3. The van der Waals surface area contributed by atoms with E-state index in [4.69, 9.17) is 10.5 Å². The summed E-state index contributed by atoms with van der Waals surface area (Å²) in [5, 5.41) is 9.58. The van der Waals surface area contributed by atoms with E-state index in [0.717, 1.165) is 0 Å². The number of nitrogens with zero attached hydrogens (tertiary/aromatic N) is 2. The number of hydrogen-bond donors (Lipinski definition) is 2. The molecule has 2 atom stereocenters. The van der Waals surface area contributed by atoms with Gasteiger partial charge in [0.1, 0.15) is 6.10 Å². The summed E-state index contributed by atoms with van der Waals surface area (Å²) in [5.41, 5.74) is 5.31. The number of likely N-dealkylation sites (N-methyl/N-ethyl adjacent to an activating group) is 1. The predicted octanol–water partition coefficient (Wildman–Crippen LogP) is -0.875. The van der Waals surface area contributed by atoms with Crippen LogP contribution in [0.2, 0.25) is 0 Å². The van der Waals surface area contributed by atoms with E-state index in [1.165, 1.54) is 4.90 Å². The molecule has 0 radical (unpaired) electrons. The molecule has 1 aliphatic heterocycles. The second-order valence-electron chi connectivity index (χ2n) is 3.56. The summed E-state index contributed by atoms with van der Waals surface area (Å²) < 4.78 is 5.38. The molecule has 0 saturated heterocycles. The van der Waals surface area contributed by atoms with Crippen LogP contribution in [0.5, 0.6) is 5.75 Å². The highest BCUT2D eigenvalue weighted by Gasteiger charge is 2.37. The van der Waals surface area contributed by atoms with E-state index in [1.807, 2.05) is 0 Å². The van der Waals surface area contributed by atoms with E-state index in [0.29, 0.717) is 11.6 Å². The summed E-state index contributed by atoms with van der Waals surface area (Å²) >= 11 is 0. The summed E-state index contributed by atoms with van der Waals surface area (Å²) in [7, 11) is 1.59. The predicted molar refractivity (Wildman–Crippen MR) is 57.1 cm³/mol. The van der Waals surface area contributed by atoms with Crippen molar-refractivity contribution in [2.45, 2.75) is 12.2 Å². The lowest BCUT2D eigenvalue weighted by molar-refractivity contribution is -0.130. The van der Waals surface area contributed by atoms with Crippen LogP contribution >= 0.6 is 0 Å². The van der Waals surface area contributed by atoms with Crippen LogP contribution in [0.3, 0.4) is 0 Å². The van der Waals surface area contributed by atoms with Crippen molar-refractivity contribution in [2.24, 2.45) is 5.73 Å². The molecule has 0 aliphatic carbocycles. The maximum Gasteiger partial charge on any atom is 0.271 e. The number of aliphatic hydroxyl groups is 1. The summed E-state index contributed by atoms with van der Waals surface area (Å²) in [6.07, 6.45) is -0.388. The van der Waals surface area contributed by atoms with Crippen molar-refractivity contribution in [3.8, 4) is 5.75 Å². The van der Waals surface area contributed by atoms with Crippen LogP contribution in [-0.4, -0.2) is 41.8 Å². The van der Waals surface area contributed by atoms with Gasteiger partial charge in [-0.15, -0.1) is 0 Å². The number of nitrogens with two attached hydrogens (primary N) is 1. The van der Waals surface area contributed by atoms with Gasteiger partial charge in [-0.2, -0.15) is 0 Å². The largest absolute Gasteiger partial charge is 0.474 e. The minimum atomic E-state index is -1.01. The van der Waals surface area contributed by atoms with Crippen LogP contribution in [0.4, 0.5) is 5.82 Å². The SMILES string of the molecule is CN1C(=O)C(C(O)CN)Oc2cccnc21. The first-order chi connectivity index (χ1) is 7.65. The molecule has 2 heterocycles. The minimum absolute atomic E-state index is 0.0279. The van der Waals surface area contributed by atoms with Gasteiger partial charge in [-0.05, 0) is 12.1 Å². The number of carbonyl (C=O) groups excluding carboxylic acids is 1. The van der Waals surface area contributed by atoms with Crippen LogP contribution in [0, 0.1) is 0 Å². The van der Waals surface area contributed by atoms with Crippen LogP contribution in [-0.2, 0) is 4.79 Å². The molecule has 6 nitrogen and oxygen atoms in total. The molecule has 86 valence electrons. The quantitative estimate of drug-likeness (QED) is 0.680. The Morgan fingerprint density at radius 2 is 2.50 bits per heavy atom. The van der Waals surface area contributed by atoms with Crippen molar-refractivity contribution in [1.29, 1.82) is 0 Å². The average molecular weight is 223 g/mol. The molecule has 16 heavy (non-hydrogen) atoms. The Kier molecular flexibility index (Phi) is 2.76. The first-order valence-corrected chi connectivity index (χ1v) is 4.92. The molecule has 2 unspecified atom stereocenters. The normalized spacial score (nSPS) is 21.3. The van der Waals surface area contributed by atoms with Crippen molar-refractivity contribution in [2.75, 3.05) is 18.5 Å². The topological polar surface area (TPSA) is 88.7 Å². The Labute approximate surface area is 92.6 Å². The number of carbonyl (C=O) groups is 1. The van der Waals surface area contributed by atoms with E-state index < -0.39 is 12.2 Å². The molecular weight excluding hydrogens is 210 g/mol. The lowest BCUT2D eigenvalue weighted by Gasteiger charge is -2.32. The number of ether oxygens (including phenoxy) is 1. The van der Waals surface area contributed by atoms with Crippen molar-refractivity contribution in [3.05, 3.63) is 18.3 Å². The molecule has 0 saturated carbocycles. The Morgan fingerprint density at radius 1 is 1.75 bits per heavy atom. The second-order valence-corrected chi connectivity index (χ2v) is 3.56. The highest BCUT2D eigenvalue weighted by molar-refractivity contribution is 5.98.